The van der Waals surface area contributed by atoms with Crippen molar-refractivity contribution in [2.75, 3.05) is 6.61 Å². The number of H-pyrrole nitrogens is 1. The van der Waals surface area contributed by atoms with Crippen LogP contribution in [0.2, 0.25) is 0 Å². The number of azide groups is 1. The van der Waals surface area contributed by atoms with Crippen LogP contribution in [0.1, 0.15) is 34.9 Å². The lowest BCUT2D eigenvalue weighted by atomic mass is 9.80. The highest BCUT2D eigenvalue weighted by molar-refractivity contribution is 5.47. The number of aryl methyl sites for hydroxylation is 1. The predicted octanol–water partition coefficient (Wildman–Crippen LogP) is 4.14. The lowest BCUT2D eigenvalue weighted by molar-refractivity contribution is -0.119. The van der Waals surface area contributed by atoms with Crippen LogP contribution in [-0.4, -0.2) is 33.1 Å². The van der Waals surface area contributed by atoms with E-state index in [4.69, 9.17) is 9.47 Å². The van der Waals surface area contributed by atoms with Crippen molar-refractivity contribution in [3.8, 4) is 0 Å². The summed E-state index contributed by atoms with van der Waals surface area (Å²) in [6.45, 7) is 1.36. The molecule has 0 radical (unpaired) electrons. The van der Waals surface area contributed by atoms with Gasteiger partial charge in [0.2, 0.25) is 0 Å². The molecule has 5 rings (SSSR count). The number of hydrogen-bond donors (Lipinski definition) is 2. The Bertz CT molecular complexity index is 1500. The monoisotopic (exact) mass is 525 g/mol. The summed E-state index contributed by atoms with van der Waals surface area (Å²) in [6.07, 6.45) is -0.996. The van der Waals surface area contributed by atoms with Crippen LogP contribution in [-0.2, 0) is 15.1 Å². The number of benzene rings is 3. The lowest BCUT2D eigenvalue weighted by Crippen LogP contribution is -2.43. The maximum Gasteiger partial charge on any atom is 0.330 e. The highest BCUT2D eigenvalue weighted by Crippen LogP contribution is 2.43. The standard InChI is InChI=1S/C29H27N5O5/c1-20-18-34(27(36)31-26(20)35)25-17-28(37,32-33-30)24(39-25)19-38-29(21-11-5-2-6-12-21,22-13-7-3-8-14-22)23-15-9-4-10-16-23/h2-16,18,24-25,37H,17,19H2,1H3,(H,31,35,36)/t24-,25-,28+/m1/s1. The molecule has 10 heteroatoms. The van der Waals surface area contributed by atoms with E-state index in [2.05, 4.69) is 15.0 Å². The average Bonchev–Trinajstić information content (AvgIpc) is 3.28. The van der Waals surface area contributed by atoms with Gasteiger partial charge in [-0.05, 0) is 29.1 Å². The topological polar surface area (TPSA) is 142 Å². The van der Waals surface area contributed by atoms with Gasteiger partial charge >= 0.3 is 5.69 Å². The number of ether oxygens (including phenoxy) is 2. The second-order valence-electron chi connectivity index (χ2n) is 9.42. The van der Waals surface area contributed by atoms with Gasteiger partial charge in [-0.25, -0.2) is 4.79 Å². The molecule has 0 amide bonds. The Hall–Kier alpha value is -4.47. The summed E-state index contributed by atoms with van der Waals surface area (Å²) in [6, 6.07) is 29.0. The first-order chi connectivity index (χ1) is 18.9. The number of aliphatic hydroxyl groups is 1. The van der Waals surface area contributed by atoms with Gasteiger partial charge in [-0.15, -0.1) is 0 Å². The molecule has 39 heavy (non-hydrogen) atoms. The third-order valence-corrected chi connectivity index (χ3v) is 6.98. The van der Waals surface area contributed by atoms with E-state index >= 15 is 0 Å². The van der Waals surface area contributed by atoms with Gasteiger partial charge < -0.3 is 14.6 Å². The molecular weight excluding hydrogens is 498 g/mol. The van der Waals surface area contributed by atoms with Crippen LogP contribution < -0.4 is 11.2 Å². The second-order valence-corrected chi connectivity index (χ2v) is 9.42. The number of rotatable bonds is 8. The van der Waals surface area contributed by atoms with Crippen molar-refractivity contribution in [3.63, 3.8) is 0 Å². The second kappa shape index (κ2) is 10.7. The highest BCUT2D eigenvalue weighted by Gasteiger charge is 2.50. The molecule has 0 spiro atoms. The van der Waals surface area contributed by atoms with Crippen molar-refractivity contribution in [3.05, 3.63) is 151 Å². The Labute approximate surface area is 223 Å². The van der Waals surface area contributed by atoms with Crippen LogP contribution in [0.3, 0.4) is 0 Å². The smallest absolute Gasteiger partial charge is 0.330 e. The Balaban J connectivity index is 1.58. The Morgan fingerprint density at radius 2 is 1.54 bits per heavy atom. The number of nitrogens with one attached hydrogen (secondary N) is 1. The zero-order valence-electron chi connectivity index (χ0n) is 21.2. The summed E-state index contributed by atoms with van der Waals surface area (Å²) in [5, 5.41) is 15.0. The van der Waals surface area contributed by atoms with Gasteiger partial charge in [-0.1, -0.05) is 96.1 Å². The van der Waals surface area contributed by atoms with Crippen molar-refractivity contribution in [1.29, 1.82) is 0 Å². The van der Waals surface area contributed by atoms with Crippen LogP contribution in [0.15, 0.2) is 112 Å². The van der Waals surface area contributed by atoms with E-state index in [0.29, 0.717) is 5.56 Å². The molecule has 1 aromatic heterocycles. The van der Waals surface area contributed by atoms with Gasteiger partial charge in [0.05, 0.1) is 6.61 Å². The predicted molar refractivity (Wildman–Crippen MR) is 144 cm³/mol. The molecule has 4 aromatic rings. The van der Waals surface area contributed by atoms with Gasteiger partial charge in [0, 0.05) is 23.1 Å². The summed E-state index contributed by atoms with van der Waals surface area (Å²) in [7, 11) is 0. The van der Waals surface area contributed by atoms with Gasteiger partial charge in [0.25, 0.3) is 5.56 Å². The van der Waals surface area contributed by atoms with E-state index < -0.39 is 34.9 Å². The molecule has 0 unspecified atom stereocenters. The number of aromatic amines is 1. The van der Waals surface area contributed by atoms with Gasteiger partial charge in [0.1, 0.15) is 17.9 Å². The Kier molecular flexibility index (Phi) is 7.19. The van der Waals surface area contributed by atoms with E-state index in [-0.39, 0.29) is 13.0 Å². The quantitative estimate of drug-likeness (QED) is 0.154. The molecule has 0 aliphatic carbocycles. The highest BCUT2D eigenvalue weighted by atomic mass is 16.6. The van der Waals surface area contributed by atoms with E-state index in [1.807, 2.05) is 91.0 Å². The molecule has 198 valence electrons. The van der Waals surface area contributed by atoms with Gasteiger partial charge in [0.15, 0.2) is 5.72 Å². The van der Waals surface area contributed by atoms with Crippen molar-refractivity contribution in [2.45, 2.75) is 37.0 Å². The van der Waals surface area contributed by atoms with Crippen LogP contribution in [0.25, 0.3) is 10.4 Å². The van der Waals surface area contributed by atoms with Crippen molar-refractivity contribution in [2.24, 2.45) is 5.11 Å². The summed E-state index contributed by atoms with van der Waals surface area (Å²) in [5.41, 5.74) is 7.74. The largest absolute Gasteiger partial charge is 0.381 e. The van der Waals surface area contributed by atoms with Gasteiger partial charge in [-0.2, -0.15) is 0 Å². The molecule has 0 saturated carbocycles. The van der Waals surface area contributed by atoms with Crippen molar-refractivity contribution < 1.29 is 14.6 Å². The SMILES string of the molecule is Cc1cn([C@H]2C[C@@](O)(N=[N+]=[N-])[C@@H](COC(c3ccccc3)(c3ccccc3)c3ccccc3)O2)c(=O)[nH]c1=O. The number of hydrogen-bond acceptors (Lipinski definition) is 6. The van der Waals surface area contributed by atoms with Crippen LogP contribution in [0.5, 0.6) is 0 Å². The van der Waals surface area contributed by atoms with Crippen molar-refractivity contribution in [1.82, 2.24) is 9.55 Å². The molecule has 1 saturated heterocycles. The summed E-state index contributed by atoms with van der Waals surface area (Å²) < 4.78 is 14.0. The minimum atomic E-state index is -2.02. The average molecular weight is 526 g/mol. The number of nitrogens with zero attached hydrogens (tertiary/aromatic N) is 4. The molecule has 1 aliphatic rings. The summed E-state index contributed by atoms with van der Waals surface area (Å²) in [4.78, 5) is 29.5. The fourth-order valence-electron chi connectivity index (χ4n) is 5.02. The lowest BCUT2D eigenvalue weighted by Gasteiger charge is -2.37. The summed E-state index contributed by atoms with van der Waals surface area (Å²) >= 11 is 0. The molecule has 2 N–H and O–H groups in total. The van der Waals surface area contributed by atoms with E-state index in [1.165, 1.54) is 10.8 Å². The normalized spacial score (nSPS) is 20.9. The zero-order chi connectivity index (χ0) is 27.5. The molecule has 10 nitrogen and oxygen atoms in total. The summed E-state index contributed by atoms with van der Waals surface area (Å²) in [5.74, 6) is 0. The third-order valence-electron chi connectivity index (χ3n) is 6.98. The van der Waals surface area contributed by atoms with Gasteiger partial charge in [-0.3, -0.25) is 14.3 Å². The first-order valence-corrected chi connectivity index (χ1v) is 12.4. The molecule has 1 fully saturated rings. The zero-order valence-corrected chi connectivity index (χ0v) is 21.2. The fraction of sp³-hybridized carbons (Fsp3) is 0.241. The Morgan fingerprint density at radius 1 is 1.03 bits per heavy atom. The molecule has 3 aromatic carbocycles. The van der Waals surface area contributed by atoms with E-state index in [1.54, 1.807) is 6.92 Å². The first-order valence-electron chi connectivity index (χ1n) is 12.4. The molecule has 1 aliphatic heterocycles. The van der Waals surface area contributed by atoms with Crippen LogP contribution >= 0.6 is 0 Å². The molecule has 2 heterocycles. The molecule has 0 bridgehead atoms. The Morgan fingerprint density at radius 3 is 2.03 bits per heavy atom. The minimum absolute atomic E-state index is 0.193. The van der Waals surface area contributed by atoms with Crippen LogP contribution in [0, 0.1) is 6.92 Å². The minimum Gasteiger partial charge on any atom is -0.381 e. The maximum atomic E-state index is 12.5. The van der Waals surface area contributed by atoms with Crippen LogP contribution in [0.4, 0.5) is 0 Å². The first kappa shape index (κ1) is 26.1. The van der Waals surface area contributed by atoms with Crippen molar-refractivity contribution >= 4 is 0 Å². The molecule has 3 atom stereocenters. The van der Waals surface area contributed by atoms with E-state index in [9.17, 15) is 20.2 Å². The fourth-order valence-corrected chi connectivity index (χ4v) is 5.02. The molecular formula is C29H27N5O5. The van der Waals surface area contributed by atoms with E-state index in [0.717, 1.165) is 16.7 Å². The number of aromatic nitrogens is 2. The third kappa shape index (κ3) is 4.89. The maximum absolute atomic E-state index is 12.5.